The van der Waals surface area contributed by atoms with Crippen molar-refractivity contribution < 1.29 is 4.74 Å². The first kappa shape index (κ1) is 12.1. The van der Waals surface area contributed by atoms with E-state index in [1.807, 2.05) is 0 Å². The summed E-state index contributed by atoms with van der Waals surface area (Å²) in [4.78, 5) is 2.29. The van der Waals surface area contributed by atoms with E-state index in [1.165, 1.54) is 16.7 Å². The molecule has 0 aliphatic carbocycles. The molecule has 0 unspecified atom stereocenters. The number of aryl methyl sites for hydroxylation is 2. The lowest BCUT2D eigenvalue weighted by molar-refractivity contribution is 0.345. The number of benzene rings is 1. The van der Waals surface area contributed by atoms with Crippen LogP contribution in [0.25, 0.3) is 0 Å². The average Bonchev–Trinajstić information content (AvgIpc) is 2.17. The van der Waals surface area contributed by atoms with Crippen molar-refractivity contribution >= 4 is 0 Å². The second-order valence-electron chi connectivity index (χ2n) is 4.09. The van der Waals surface area contributed by atoms with E-state index in [9.17, 15) is 0 Å². The van der Waals surface area contributed by atoms with Crippen molar-refractivity contribution in [1.82, 2.24) is 4.90 Å². The maximum absolute atomic E-state index is 5.35. The van der Waals surface area contributed by atoms with E-state index in [1.54, 1.807) is 7.11 Å². The highest BCUT2D eigenvalue weighted by molar-refractivity contribution is 5.43. The van der Waals surface area contributed by atoms with Crippen molar-refractivity contribution in [3.05, 3.63) is 28.8 Å². The third kappa shape index (κ3) is 2.96. The molecule has 0 N–H and O–H groups in total. The zero-order chi connectivity index (χ0) is 11.4. The molecule has 0 spiro atoms. The van der Waals surface area contributed by atoms with Gasteiger partial charge in [-0.1, -0.05) is 19.1 Å². The zero-order valence-electron chi connectivity index (χ0n) is 10.4. The summed E-state index contributed by atoms with van der Waals surface area (Å²) in [5.74, 6) is 1.01. The largest absolute Gasteiger partial charge is 0.496 e. The number of rotatable bonds is 4. The van der Waals surface area contributed by atoms with Gasteiger partial charge in [0.15, 0.2) is 0 Å². The Bertz CT molecular complexity index is 310. The molecule has 0 heterocycles. The average molecular weight is 207 g/mol. The Morgan fingerprint density at radius 3 is 2.13 bits per heavy atom. The molecule has 0 saturated heterocycles. The summed E-state index contributed by atoms with van der Waals surface area (Å²) in [5.41, 5.74) is 3.80. The fourth-order valence-corrected chi connectivity index (χ4v) is 1.88. The van der Waals surface area contributed by atoms with Gasteiger partial charge in [-0.3, -0.25) is 0 Å². The van der Waals surface area contributed by atoms with Gasteiger partial charge < -0.3 is 9.64 Å². The lowest BCUT2D eigenvalue weighted by atomic mass is 10.1. The van der Waals surface area contributed by atoms with E-state index in [0.717, 1.165) is 18.8 Å². The summed E-state index contributed by atoms with van der Waals surface area (Å²) in [6.45, 7) is 8.44. The van der Waals surface area contributed by atoms with Crippen LogP contribution in [-0.4, -0.2) is 25.6 Å². The van der Waals surface area contributed by atoms with Gasteiger partial charge in [-0.25, -0.2) is 0 Å². The van der Waals surface area contributed by atoms with Crippen LogP contribution in [0.5, 0.6) is 5.75 Å². The fourth-order valence-electron chi connectivity index (χ4n) is 1.88. The van der Waals surface area contributed by atoms with Crippen molar-refractivity contribution in [3.8, 4) is 5.75 Å². The molecule has 1 rings (SSSR count). The van der Waals surface area contributed by atoms with Gasteiger partial charge in [-0.15, -0.1) is 0 Å². The number of nitrogens with zero attached hydrogens (tertiary/aromatic N) is 1. The second-order valence-corrected chi connectivity index (χ2v) is 4.09. The van der Waals surface area contributed by atoms with Crippen LogP contribution in [0.3, 0.4) is 0 Å². The monoisotopic (exact) mass is 207 g/mol. The highest BCUT2D eigenvalue weighted by Gasteiger charge is 2.06. The molecule has 0 aromatic heterocycles. The Balaban J connectivity index is 2.93. The van der Waals surface area contributed by atoms with Crippen molar-refractivity contribution in [2.24, 2.45) is 0 Å². The van der Waals surface area contributed by atoms with Crippen LogP contribution in [0.2, 0.25) is 0 Å². The van der Waals surface area contributed by atoms with Crippen LogP contribution in [0.1, 0.15) is 23.6 Å². The lowest BCUT2D eigenvalue weighted by Crippen LogP contribution is -2.16. The fraction of sp³-hybridized carbons (Fsp3) is 0.538. The van der Waals surface area contributed by atoms with Crippen molar-refractivity contribution in [3.63, 3.8) is 0 Å². The molecule has 0 aliphatic rings. The topological polar surface area (TPSA) is 12.5 Å². The van der Waals surface area contributed by atoms with E-state index >= 15 is 0 Å². The number of methoxy groups -OCH3 is 1. The predicted octanol–water partition coefficient (Wildman–Crippen LogP) is 2.76. The quantitative estimate of drug-likeness (QED) is 0.752. The first-order valence-electron chi connectivity index (χ1n) is 5.41. The summed E-state index contributed by atoms with van der Waals surface area (Å²) >= 11 is 0. The molecule has 0 atom stereocenters. The SMILES string of the molecule is CCN(C)Cc1cc(C)c(OC)c(C)c1. The molecule has 1 aromatic rings. The molecule has 84 valence electrons. The van der Waals surface area contributed by atoms with Gasteiger partial charge in [0, 0.05) is 6.54 Å². The highest BCUT2D eigenvalue weighted by Crippen LogP contribution is 2.24. The Morgan fingerprint density at radius 1 is 1.20 bits per heavy atom. The maximum atomic E-state index is 5.35. The van der Waals surface area contributed by atoms with Crippen LogP contribution in [0.15, 0.2) is 12.1 Å². The standard InChI is InChI=1S/C13H21NO/c1-6-14(4)9-12-7-10(2)13(15-5)11(3)8-12/h7-8H,6,9H2,1-5H3. The number of ether oxygens (including phenoxy) is 1. The molecular formula is C13H21NO. The molecule has 0 saturated carbocycles. The normalized spacial score (nSPS) is 10.8. The molecule has 0 amide bonds. The Hall–Kier alpha value is -1.02. The van der Waals surface area contributed by atoms with Crippen LogP contribution in [0, 0.1) is 13.8 Å². The minimum atomic E-state index is 1.00. The molecule has 0 bridgehead atoms. The number of hydrogen-bond acceptors (Lipinski definition) is 2. The van der Waals surface area contributed by atoms with E-state index < -0.39 is 0 Å². The van der Waals surface area contributed by atoms with E-state index in [4.69, 9.17) is 4.74 Å². The van der Waals surface area contributed by atoms with Crippen molar-refractivity contribution in [2.75, 3.05) is 20.7 Å². The van der Waals surface area contributed by atoms with Crippen LogP contribution < -0.4 is 4.74 Å². The first-order chi connectivity index (χ1) is 7.08. The Kier molecular flexibility index (Phi) is 4.15. The van der Waals surface area contributed by atoms with Crippen LogP contribution in [-0.2, 0) is 6.54 Å². The molecule has 15 heavy (non-hydrogen) atoms. The maximum Gasteiger partial charge on any atom is 0.124 e. The van der Waals surface area contributed by atoms with Crippen LogP contribution >= 0.6 is 0 Å². The first-order valence-corrected chi connectivity index (χ1v) is 5.41. The minimum absolute atomic E-state index is 1.00. The third-order valence-corrected chi connectivity index (χ3v) is 2.72. The molecule has 2 heteroatoms. The van der Waals surface area contributed by atoms with Gasteiger partial charge in [-0.05, 0) is 44.1 Å². The van der Waals surface area contributed by atoms with E-state index in [0.29, 0.717) is 0 Å². The Morgan fingerprint density at radius 2 is 1.73 bits per heavy atom. The molecule has 0 aliphatic heterocycles. The summed E-state index contributed by atoms with van der Waals surface area (Å²) in [7, 11) is 3.86. The molecule has 2 nitrogen and oxygen atoms in total. The molecule has 0 fully saturated rings. The minimum Gasteiger partial charge on any atom is -0.496 e. The number of hydrogen-bond donors (Lipinski definition) is 0. The van der Waals surface area contributed by atoms with E-state index in [-0.39, 0.29) is 0 Å². The second kappa shape index (κ2) is 5.17. The summed E-state index contributed by atoms with van der Waals surface area (Å²) in [6, 6.07) is 4.41. The lowest BCUT2D eigenvalue weighted by Gasteiger charge is -2.16. The van der Waals surface area contributed by atoms with Gasteiger partial charge in [0.25, 0.3) is 0 Å². The van der Waals surface area contributed by atoms with Gasteiger partial charge in [0.2, 0.25) is 0 Å². The van der Waals surface area contributed by atoms with Gasteiger partial charge in [0.05, 0.1) is 7.11 Å². The smallest absolute Gasteiger partial charge is 0.124 e. The van der Waals surface area contributed by atoms with Gasteiger partial charge >= 0.3 is 0 Å². The van der Waals surface area contributed by atoms with Crippen molar-refractivity contribution in [2.45, 2.75) is 27.3 Å². The van der Waals surface area contributed by atoms with E-state index in [2.05, 4.69) is 44.9 Å². The van der Waals surface area contributed by atoms with Gasteiger partial charge in [0.1, 0.15) is 5.75 Å². The Labute approximate surface area is 92.9 Å². The molecular weight excluding hydrogens is 186 g/mol. The molecule has 0 radical (unpaired) electrons. The zero-order valence-corrected chi connectivity index (χ0v) is 10.4. The van der Waals surface area contributed by atoms with Crippen molar-refractivity contribution in [1.29, 1.82) is 0 Å². The predicted molar refractivity (Wildman–Crippen MR) is 64.5 cm³/mol. The summed E-state index contributed by atoms with van der Waals surface area (Å²) in [6.07, 6.45) is 0. The van der Waals surface area contributed by atoms with Gasteiger partial charge in [-0.2, -0.15) is 0 Å². The third-order valence-electron chi connectivity index (χ3n) is 2.72. The summed E-state index contributed by atoms with van der Waals surface area (Å²) in [5, 5.41) is 0. The van der Waals surface area contributed by atoms with Crippen LogP contribution in [0.4, 0.5) is 0 Å². The molecule has 1 aromatic carbocycles. The summed E-state index contributed by atoms with van der Waals surface area (Å²) < 4.78 is 5.35. The highest BCUT2D eigenvalue weighted by atomic mass is 16.5.